The van der Waals surface area contributed by atoms with Crippen LogP contribution >= 0.6 is 0 Å². The number of hydrogen-bond donors (Lipinski definition) is 1. The molecule has 1 N–H and O–H groups in total. The van der Waals surface area contributed by atoms with Gasteiger partial charge in [0.05, 0.1) is 5.75 Å². The number of sulfonamides is 1. The highest BCUT2D eigenvalue weighted by Crippen LogP contribution is 2.61. The zero-order chi connectivity index (χ0) is 21.0. The van der Waals surface area contributed by atoms with E-state index < -0.39 is 16.1 Å². The summed E-state index contributed by atoms with van der Waals surface area (Å²) in [6.45, 7) is 6.96. The maximum absolute atomic E-state index is 13.1. The van der Waals surface area contributed by atoms with Crippen molar-refractivity contribution < 1.29 is 18.0 Å². The SMILES string of the molecule is CC1C(NC(=O)C2CCS(=O)(=O)N2Cc2cccc(C=O)c2)CC2CC1C2(C)C. The summed E-state index contributed by atoms with van der Waals surface area (Å²) in [6, 6.07) is 6.30. The minimum atomic E-state index is -3.49. The summed E-state index contributed by atoms with van der Waals surface area (Å²) in [6.07, 6.45) is 3.25. The number of carbonyl (C=O) groups excluding carboxylic acids is 2. The molecule has 158 valence electrons. The van der Waals surface area contributed by atoms with Crippen LogP contribution in [0.15, 0.2) is 24.3 Å². The summed E-state index contributed by atoms with van der Waals surface area (Å²) in [7, 11) is -3.49. The third kappa shape index (κ3) is 3.52. The van der Waals surface area contributed by atoms with E-state index in [-0.39, 0.29) is 24.2 Å². The van der Waals surface area contributed by atoms with Gasteiger partial charge < -0.3 is 5.32 Å². The molecule has 5 unspecified atom stereocenters. The van der Waals surface area contributed by atoms with Crippen LogP contribution in [0.4, 0.5) is 0 Å². The molecule has 4 fully saturated rings. The molecule has 1 saturated heterocycles. The topological polar surface area (TPSA) is 83.6 Å². The van der Waals surface area contributed by atoms with Gasteiger partial charge in [-0.3, -0.25) is 9.59 Å². The van der Waals surface area contributed by atoms with Crippen LogP contribution in [0.1, 0.15) is 56.0 Å². The molecule has 4 aliphatic rings. The molecule has 5 rings (SSSR count). The van der Waals surface area contributed by atoms with Crippen LogP contribution in [0.5, 0.6) is 0 Å². The van der Waals surface area contributed by atoms with Gasteiger partial charge in [0.1, 0.15) is 12.3 Å². The number of nitrogens with one attached hydrogen (secondary N) is 1. The minimum absolute atomic E-state index is 0.0169. The number of rotatable bonds is 5. The molecule has 1 aliphatic heterocycles. The van der Waals surface area contributed by atoms with Crippen LogP contribution in [0.3, 0.4) is 0 Å². The van der Waals surface area contributed by atoms with E-state index in [1.165, 1.54) is 10.7 Å². The molecular formula is C22H30N2O4S. The Hall–Kier alpha value is -1.73. The minimum Gasteiger partial charge on any atom is -0.352 e. The van der Waals surface area contributed by atoms with Gasteiger partial charge in [0.25, 0.3) is 0 Å². The molecule has 3 aliphatic carbocycles. The molecule has 1 amide bonds. The van der Waals surface area contributed by atoms with E-state index in [1.807, 2.05) is 0 Å². The maximum atomic E-state index is 13.1. The first-order chi connectivity index (χ1) is 13.6. The molecule has 0 spiro atoms. The quantitative estimate of drug-likeness (QED) is 0.745. The van der Waals surface area contributed by atoms with Crippen LogP contribution in [-0.2, 0) is 21.4 Å². The monoisotopic (exact) mass is 418 g/mol. The zero-order valence-corrected chi connectivity index (χ0v) is 18.1. The predicted octanol–water partition coefficient (Wildman–Crippen LogP) is 2.59. The Morgan fingerprint density at radius 3 is 2.72 bits per heavy atom. The number of carbonyl (C=O) groups is 2. The predicted molar refractivity (Wildman–Crippen MR) is 111 cm³/mol. The second-order valence-corrected chi connectivity index (χ2v) is 11.6. The van der Waals surface area contributed by atoms with Crippen molar-refractivity contribution in [3.63, 3.8) is 0 Å². The summed E-state index contributed by atoms with van der Waals surface area (Å²) in [5.74, 6) is 1.43. The number of fused-ring (bicyclic) bond motifs is 2. The first-order valence-corrected chi connectivity index (χ1v) is 12.1. The molecule has 6 nitrogen and oxygen atoms in total. The van der Waals surface area contributed by atoms with Crippen molar-refractivity contribution in [2.45, 2.75) is 58.7 Å². The second-order valence-electron chi connectivity index (χ2n) is 9.60. The van der Waals surface area contributed by atoms with E-state index in [2.05, 4.69) is 26.1 Å². The number of amides is 1. The Bertz CT molecular complexity index is 926. The molecule has 0 radical (unpaired) electrons. The van der Waals surface area contributed by atoms with E-state index in [4.69, 9.17) is 0 Å². The molecular weight excluding hydrogens is 388 g/mol. The first kappa shape index (κ1) is 20.5. The molecule has 3 saturated carbocycles. The van der Waals surface area contributed by atoms with Gasteiger partial charge in [-0.25, -0.2) is 8.42 Å². The number of nitrogens with zero attached hydrogens (tertiary/aromatic N) is 1. The Kier molecular flexibility index (Phi) is 5.10. The van der Waals surface area contributed by atoms with Crippen LogP contribution in [0.2, 0.25) is 0 Å². The number of aldehydes is 1. The van der Waals surface area contributed by atoms with Crippen molar-refractivity contribution in [2.24, 2.45) is 23.2 Å². The second kappa shape index (κ2) is 7.20. The van der Waals surface area contributed by atoms with Gasteiger partial charge in [-0.15, -0.1) is 0 Å². The highest BCUT2D eigenvalue weighted by atomic mass is 32.2. The van der Waals surface area contributed by atoms with Gasteiger partial charge in [0.2, 0.25) is 15.9 Å². The van der Waals surface area contributed by atoms with Crippen LogP contribution in [-0.4, -0.2) is 42.8 Å². The lowest BCUT2D eigenvalue weighted by atomic mass is 9.45. The van der Waals surface area contributed by atoms with Crippen LogP contribution in [0, 0.1) is 23.2 Å². The fourth-order valence-electron chi connectivity index (χ4n) is 5.75. The summed E-state index contributed by atoms with van der Waals surface area (Å²) >= 11 is 0. The summed E-state index contributed by atoms with van der Waals surface area (Å²) in [4.78, 5) is 24.1. The van der Waals surface area contributed by atoms with E-state index in [0.717, 1.165) is 12.7 Å². The van der Waals surface area contributed by atoms with Gasteiger partial charge in [0, 0.05) is 18.2 Å². The van der Waals surface area contributed by atoms with Crippen LogP contribution < -0.4 is 5.32 Å². The van der Waals surface area contributed by atoms with Crippen LogP contribution in [0.25, 0.3) is 0 Å². The molecule has 5 atom stereocenters. The largest absolute Gasteiger partial charge is 0.352 e. The van der Waals surface area contributed by atoms with Crippen molar-refractivity contribution in [2.75, 3.05) is 5.75 Å². The fraction of sp³-hybridized carbons (Fsp3) is 0.636. The average molecular weight is 419 g/mol. The van der Waals surface area contributed by atoms with E-state index in [1.54, 1.807) is 24.3 Å². The van der Waals surface area contributed by atoms with Crippen molar-refractivity contribution in [1.82, 2.24) is 9.62 Å². The lowest BCUT2D eigenvalue weighted by Gasteiger charge is -2.62. The Labute approximate surface area is 173 Å². The first-order valence-electron chi connectivity index (χ1n) is 10.5. The van der Waals surface area contributed by atoms with E-state index in [9.17, 15) is 18.0 Å². The summed E-state index contributed by atoms with van der Waals surface area (Å²) < 4.78 is 26.5. The Balaban J connectivity index is 1.48. The van der Waals surface area contributed by atoms with Crippen molar-refractivity contribution in [1.29, 1.82) is 0 Å². The lowest BCUT2D eigenvalue weighted by molar-refractivity contribution is -0.136. The number of benzene rings is 1. The standard InChI is InChI=1S/C22H30N2O4S/c1-14-18-10-17(22(18,2)3)11-19(14)23-21(26)20-7-8-29(27,28)24(20)12-15-5-4-6-16(9-15)13-25/h4-6,9,13-14,17-20H,7-8,10-12H2,1-3H3,(H,23,26). The molecule has 1 aromatic rings. The maximum Gasteiger partial charge on any atom is 0.238 e. The van der Waals surface area contributed by atoms with Gasteiger partial charge in [0.15, 0.2) is 0 Å². The third-order valence-corrected chi connectivity index (χ3v) is 9.61. The fourth-order valence-corrected chi connectivity index (χ4v) is 7.44. The van der Waals surface area contributed by atoms with E-state index >= 15 is 0 Å². The summed E-state index contributed by atoms with van der Waals surface area (Å²) in [5, 5.41) is 3.18. The smallest absolute Gasteiger partial charge is 0.238 e. The zero-order valence-electron chi connectivity index (χ0n) is 17.3. The van der Waals surface area contributed by atoms with Gasteiger partial charge in [-0.2, -0.15) is 4.31 Å². The highest BCUT2D eigenvalue weighted by Gasteiger charge is 2.56. The van der Waals surface area contributed by atoms with Gasteiger partial charge >= 0.3 is 0 Å². The van der Waals surface area contributed by atoms with Crippen molar-refractivity contribution >= 4 is 22.2 Å². The van der Waals surface area contributed by atoms with E-state index in [0.29, 0.717) is 40.7 Å². The molecule has 0 aromatic heterocycles. The Morgan fingerprint density at radius 1 is 1.31 bits per heavy atom. The highest BCUT2D eigenvalue weighted by molar-refractivity contribution is 7.89. The molecule has 1 heterocycles. The third-order valence-electron chi connectivity index (χ3n) is 7.76. The molecule has 7 heteroatoms. The van der Waals surface area contributed by atoms with Crippen molar-refractivity contribution in [3.05, 3.63) is 35.4 Å². The molecule has 1 aromatic carbocycles. The Morgan fingerprint density at radius 2 is 2.07 bits per heavy atom. The van der Waals surface area contributed by atoms with Crippen molar-refractivity contribution in [3.8, 4) is 0 Å². The molecule has 29 heavy (non-hydrogen) atoms. The normalized spacial score (nSPS) is 34.9. The number of hydrogen-bond acceptors (Lipinski definition) is 4. The average Bonchev–Trinajstić information content (AvgIpc) is 2.97. The molecule has 2 bridgehead atoms. The summed E-state index contributed by atoms with van der Waals surface area (Å²) in [5.41, 5.74) is 1.55. The lowest BCUT2D eigenvalue weighted by Crippen LogP contribution is -2.61. The van der Waals surface area contributed by atoms with Gasteiger partial charge in [-0.05, 0) is 54.1 Å². The van der Waals surface area contributed by atoms with Gasteiger partial charge in [-0.1, -0.05) is 39.0 Å².